The van der Waals surface area contributed by atoms with Gasteiger partial charge in [-0.25, -0.2) is 0 Å². The Morgan fingerprint density at radius 2 is 2.08 bits per heavy atom. The van der Waals surface area contributed by atoms with Crippen molar-refractivity contribution < 1.29 is 9.53 Å². The van der Waals surface area contributed by atoms with Gasteiger partial charge in [0.15, 0.2) is 0 Å². The number of hydrogen-bond acceptors (Lipinski definition) is 6. The molecule has 26 heavy (non-hydrogen) atoms. The molecule has 0 aliphatic carbocycles. The maximum absolute atomic E-state index is 13.2. The molecule has 1 atom stereocenters. The lowest BCUT2D eigenvalue weighted by Crippen LogP contribution is -2.31. The van der Waals surface area contributed by atoms with Crippen LogP contribution in [0.2, 0.25) is 0 Å². The number of carbonyl (C=O) groups is 1. The topological polar surface area (TPSA) is 84.6 Å². The van der Waals surface area contributed by atoms with Crippen LogP contribution in [0.15, 0.2) is 36.4 Å². The Hall–Kier alpha value is -2.67. The second-order valence-corrected chi connectivity index (χ2v) is 6.69. The van der Waals surface area contributed by atoms with Crippen LogP contribution in [0, 0.1) is 0 Å². The van der Waals surface area contributed by atoms with Crippen LogP contribution >= 0.6 is 0 Å². The van der Waals surface area contributed by atoms with E-state index in [1.807, 2.05) is 54.2 Å². The Bertz CT molecular complexity index is 748. The number of likely N-dealkylation sites (N-methyl/N-ethyl adjacent to an activating group) is 1. The SMILES string of the molecule is CN(C)CCOc1ccccc1C(=O)N1CCCC1c1ccc(N)nn1. The van der Waals surface area contributed by atoms with Gasteiger partial charge < -0.3 is 20.3 Å². The average molecular weight is 355 g/mol. The Morgan fingerprint density at radius 3 is 2.81 bits per heavy atom. The second-order valence-electron chi connectivity index (χ2n) is 6.69. The fourth-order valence-corrected chi connectivity index (χ4v) is 3.11. The molecule has 1 aliphatic heterocycles. The van der Waals surface area contributed by atoms with Gasteiger partial charge >= 0.3 is 0 Å². The number of hydrogen-bond donors (Lipinski definition) is 1. The average Bonchev–Trinajstić information content (AvgIpc) is 3.11. The lowest BCUT2D eigenvalue weighted by Gasteiger charge is -2.25. The standard InChI is InChI=1S/C19H25N5O2/c1-23(2)12-13-26-17-8-4-3-6-14(17)19(25)24-11-5-7-16(24)15-9-10-18(20)22-21-15/h3-4,6,8-10,16H,5,7,11-13H2,1-2H3,(H2,20,22). The zero-order chi connectivity index (χ0) is 18.5. The van der Waals surface area contributed by atoms with Gasteiger partial charge in [0.2, 0.25) is 0 Å². The van der Waals surface area contributed by atoms with Crippen molar-refractivity contribution in [1.82, 2.24) is 20.0 Å². The van der Waals surface area contributed by atoms with Gasteiger partial charge in [-0.2, -0.15) is 5.10 Å². The summed E-state index contributed by atoms with van der Waals surface area (Å²) >= 11 is 0. The smallest absolute Gasteiger partial charge is 0.258 e. The molecule has 0 spiro atoms. The van der Waals surface area contributed by atoms with E-state index in [9.17, 15) is 4.79 Å². The molecule has 0 bridgehead atoms. The van der Waals surface area contributed by atoms with Crippen LogP contribution in [0.3, 0.4) is 0 Å². The molecular weight excluding hydrogens is 330 g/mol. The molecule has 2 N–H and O–H groups in total. The largest absolute Gasteiger partial charge is 0.491 e. The Balaban J connectivity index is 1.78. The summed E-state index contributed by atoms with van der Waals surface area (Å²) in [4.78, 5) is 17.1. The van der Waals surface area contributed by atoms with Gasteiger partial charge in [-0.05, 0) is 51.2 Å². The van der Waals surface area contributed by atoms with Crippen LogP contribution in [-0.2, 0) is 0 Å². The molecule has 0 saturated carbocycles. The van der Waals surface area contributed by atoms with E-state index < -0.39 is 0 Å². The minimum absolute atomic E-state index is 0.0356. The predicted octanol–water partition coefficient (Wildman–Crippen LogP) is 1.98. The van der Waals surface area contributed by atoms with Crippen molar-refractivity contribution in [2.24, 2.45) is 0 Å². The highest BCUT2D eigenvalue weighted by Gasteiger charge is 2.32. The van der Waals surface area contributed by atoms with Gasteiger partial charge in [0.05, 0.1) is 17.3 Å². The number of ether oxygens (including phenoxy) is 1. The normalized spacial score (nSPS) is 16.9. The molecule has 138 valence electrons. The summed E-state index contributed by atoms with van der Waals surface area (Å²) in [7, 11) is 3.98. The summed E-state index contributed by atoms with van der Waals surface area (Å²) in [5.74, 6) is 0.962. The van der Waals surface area contributed by atoms with Gasteiger partial charge in [0.25, 0.3) is 5.91 Å². The third kappa shape index (κ3) is 4.11. The van der Waals surface area contributed by atoms with Crippen molar-refractivity contribution in [2.45, 2.75) is 18.9 Å². The Labute approximate surface area is 153 Å². The first-order chi connectivity index (χ1) is 12.6. The lowest BCUT2D eigenvalue weighted by atomic mass is 10.1. The van der Waals surface area contributed by atoms with Crippen LogP contribution in [0.25, 0.3) is 0 Å². The molecule has 1 aromatic heterocycles. The van der Waals surface area contributed by atoms with Gasteiger partial charge in [-0.3, -0.25) is 4.79 Å². The van der Waals surface area contributed by atoms with Gasteiger partial charge in [0.1, 0.15) is 18.2 Å². The number of likely N-dealkylation sites (tertiary alicyclic amines) is 1. The van der Waals surface area contributed by atoms with Crippen LogP contribution in [-0.4, -0.2) is 59.7 Å². The van der Waals surface area contributed by atoms with E-state index in [1.54, 1.807) is 6.07 Å². The Morgan fingerprint density at radius 1 is 1.27 bits per heavy atom. The number of amides is 1. The highest BCUT2D eigenvalue weighted by atomic mass is 16.5. The van der Waals surface area contributed by atoms with E-state index in [0.29, 0.717) is 30.3 Å². The number of nitrogen functional groups attached to an aromatic ring is 1. The number of carbonyl (C=O) groups excluding carboxylic acids is 1. The molecule has 1 fully saturated rings. The van der Waals surface area contributed by atoms with Crippen molar-refractivity contribution in [3.8, 4) is 5.75 Å². The minimum Gasteiger partial charge on any atom is -0.491 e. The van der Waals surface area contributed by atoms with Crippen LogP contribution < -0.4 is 10.5 Å². The summed E-state index contributed by atoms with van der Waals surface area (Å²) in [6.07, 6.45) is 1.81. The maximum Gasteiger partial charge on any atom is 0.258 e. The van der Waals surface area contributed by atoms with Crippen LogP contribution in [0.4, 0.5) is 5.82 Å². The molecule has 1 unspecified atom stereocenters. The molecular formula is C19H25N5O2. The summed E-state index contributed by atoms with van der Waals surface area (Å²) in [6, 6.07) is 10.9. The first-order valence-corrected chi connectivity index (χ1v) is 8.83. The molecule has 2 heterocycles. The first-order valence-electron chi connectivity index (χ1n) is 8.83. The van der Waals surface area contributed by atoms with Crippen molar-refractivity contribution in [2.75, 3.05) is 39.5 Å². The number of nitrogens with two attached hydrogens (primary N) is 1. The molecule has 1 amide bonds. The number of aromatic nitrogens is 2. The van der Waals surface area contributed by atoms with E-state index in [2.05, 4.69) is 10.2 Å². The lowest BCUT2D eigenvalue weighted by molar-refractivity contribution is 0.0727. The minimum atomic E-state index is -0.0783. The fraction of sp³-hybridized carbons (Fsp3) is 0.421. The molecule has 3 rings (SSSR count). The highest BCUT2D eigenvalue weighted by Crippen LogP contribution is 2.33. The summed E-state index contributed by atoms with van der Waals surface area (Å²) in [5, 5.41) is 8.10. The summed E-state index contributed by atoms with van der Waals surface area (Å²) < 4.78 is 5.85. The number of rotatable bonds is 6. The zero-order valence-corrected chi connectivity index (χ0v) is 15.3. The number of para-hydroxylation sites is 1. The number of anilines is 1. The molecule has 7 nitrogen and oxygen atoms in total. The monoisotopic (exact) mass is 355 g/mol. The van der Waals surface area contributed by atoms with Crippen LogP contribution in [0.5, 0.6) is 5.75 Å². The molecule has 2 aromatic rings. The quantitative estimate of drug-likeness (QED) is 0.853. The predicted molar refractivity (Wildman–Crippen MR) is 99.9 cm³/mol. The van der Waals surface area contributed by atoms with Gasteiger partial charge in [0, 0.05) is 13.1 Å². The summed E-state index contributed by atoms with van der Waals surface area (Å²) in [6.45, 7) is 2.02. The molecule has 7 heteroatoms. The molecule has 0 radical (unpaired) electrons. The number of nitrogens with zero attached hydrogens (tertiary/aromatic N) is 4. The number of benzene rings is 1. The van der Waals surface area contributed by atoms with E-state index >= 15 is 0 Å². The van der Waals surface area contributed by atoms with E-state index in [1.165, 1.54) is 0 Å². The van der Waals surface area contributed by atoms with Gasteiger partial charge in [-0.15, -0.1) is 5.10 Å². The van der Waals surface area contributed by atoms with Crippen LogP contribution in [0.1, 0.15) is 34.9 Å². The summed E-state index contributed by atoms with van der Waals surface area (Å²) in [5.41, 5.74) is 6.98. The van der Waals surface area contributed by atoms with E-state index in [-0.39, 0.29) is 11.9 Å². The third-order valence-electron chi connectivity index (χ3n) is 4.47. The van der Waals surface area contributed by atoms with Crippen molar-refractivity contribution in [3.05, 3.63) is 47.7 Å². The van der Waals surface area contributed by atoms with E-state index in [0.717, 1.165) is 25.1 Å². The van der Waals surface area contributed by atoms with Crippen molar-refractivity contribution >= 4 is 11.7 Å². The van der Waals surface area contributed by atoms with Gasteiger partial charge in [-0.1, -0.05) is 12.1 Å². The maximum atomic E-state index is 13.2. The zero-order valence-electron chi connectivity index (χ0n) is 15.3. The van der Waals surface area contributed by atoms with Crippen molar-refractivity contribution in [3.63, 3.8) is 0 Å². The molecule has 1 aliphatic rings. The fourth-order valence-electron chi connectivity index (χ4n) is 3.11. The molecule has 1 saturated heterocycles. The first kappa shape index (κ1) is 18.1. The van der Waals surface area contributed by atoms with Crippen molar-refractivity contribution in [1.29, 1.82) is 0 Å². The molecule has 1 aromatic carbocycles. The van der Waals surface area contributed by atoms with E-state index in [4.69, 9.17) is 10.5 Å². The third-order valence-corrected chi connectivity index (χ3v) is 4.47. The Kier molecular flexibility index (Phi) is 5.68. The second kappa shape index (κ2) is 8.14. The highest BCUT2D eigenvalue weighted by molar-refractivity contribution is 5.97.